The normalized spacial score (nSPS) is 22.7. The number of alkyl halides is 3. The number of aliphatic hydroxyl groups is 1. The molecule has 2 aliphatic heterocycles. The Hall–Kier alpha value is -4.03. The lowest BCUT2D eigenvalue weighted by Crippen LogP contribution is -2.50. The number of likely N-dealkylation sites (tertiary alicyclic amines) is 1. The molecule has 2 saturated heterocycles. The van der Waals surface area contributed by atoms with E-state index in [1.165, 1.54) is 25.7 Å². The molecule has 2 amide bonds. The van der Waals surface area contributed by atoms with Gasteiger partial charge in [0.15, 0.2) is 6.29 Å². The van der Waals surface area contributed by atoms with Gasteiger partial charge >= 0.3 is 12.1 Å². The molecule has 3 aromatic carbocycles. The van der Waals surface area contributed by atoms with Crippen molar-refractivity contribution in [2.75, 3.05) is 19.6 Å². The molecule has 1 aliphatic carbocycles. The molecule has 0 unspecified atom stereocenters. The van der Waals surface area contributed by atoms with Crippen LogP contribution in [0.1, 0.15) is 79.6 Å². The Morgan fingerprint density at radius 1 is 0.922 bits per heavy atom. The fraction of sp³-hybridized carbons (Fsp3) is 0.450. The molecule has 272 valence electrons. The number of amides is 2. The summed E-state index contributed by atoms with van der Waals surface area (Å²) in [6.45, 7) is 5.54. The molecule has 3 aliphatic rings. The second kappa shape index (κ2) is 16.5. The molecule has 1 saturated carbocycles. The highest BCUT2D eigenvalue weighted by Crippen LogP contribution is 2.40. The van der Waals surface area contributed by atoms with Crippen LogP contribution in [-0.2, 0) is 32.2 Å². The highest BCUT2D eigenvalue weighted by atomic mass is 19.4. The minimum Gasteiger partial charge on any atom is -0.392 e. The van der Waals surface area contributed by atoms with Crippen LogP contribution in [0.2, 0.25) is 0 Å². The highest BCUT2D eigenvalue weighted by Gasteiger charge is 2.47. The summed E-state index contributed by atoms with van der Waals surface area (Å²) in [4.78, 5) is 27.8. The highest BCUT2D eigenvalue weighted by molar-refractivity contribution is 5.90. The summed E-state index contributed by atoms with van der Waals surface area (Å²) in [5.74, 6) is -2.58. The van der Waals surface area contributed by atoms with Gasteiger partial charge in [-0.2, -0.15) is 13.2 Å². The summed E-state index contributed by atoms with van der Waals surface area (Å²) in [5, 5.41) is 12.3. The SMILES string of the molecule is C=CCN(C[C@@H]1C[C@H](c2ccc(CO)cc2)O[C@H](c2cccc(-c3cccc(CNC(=O)[C@@H]4CCCN4C(=O)C(F)(F)F)c3)c2)O1)C1CCCC1. The second-order valence-corrected chi connectivity index (χ2v) is 13.7. The lowest BCUT2D eigenvalue weighted by Gasteiger charge is -2.39. The lowest BCUT2D eigenvalue weighted by molar-refractivity contribution is -0.253. The van der Waals surface area contributed by atoms with Crippen molar-refractivity contribution in [3.05, 3.63) is 108 Å². The van der Waals surface area contributed by atoms with E-state index in [0.717, 1.165) is 46.5 Å². The van der Waals surface area contributed by atoms with E-state index in [-0.39, 0.29) is 38.3 Å². The molecular weight excluding hydrogens is 659 g/mol. The minimum atomic E-state index is -5.02. The Balaban J connectivity index is 1.18. The molecule has 3 fully saturated rings. The fourth-order valence-electron chi connectivity index (χ4n) is 7.58. The van der Waals surface area contributed by atoms with Crippen LogP contribution in [0, 0.1) is 0 Å². The Labute approximate surface area is 297 Å². The van der Waals surface area contributed by atoms with Gasteiger partial charge < -0.3 is 24.8 Å². The maximum atomic E-state index is 13.1. The third-order valence-corrected chi connectivity index (χ3v) is 10.2. The van der Waals surface area contributed by atoms with E-state index in [4.69, 9.17) is 9.47 Å². The number of ether oxygens (including phenoxy) is 2. The predicted octanol–water partition coefficient (Wildman–Crippen LogP) is 6.99. The number of benzene rings is 3. The van der Waals surface area contributed by atoms with E-state index >= 15 is 0 Å². The maximum absolute atomic E-state index is 13.1. The number of nitrogens with one attached hydrogen (secondary N) is 1. The van der Waals surface area contributed by atoms with Gasteiger partial charge in [0, 0.05) is 44.2 Å². The van der Waals surface area contributed by atoms with Crippen LogP contribution >= 0.6 is 0 Å². The van der Waals surface area contributed by atoms with Gasteiger partial charge in [-0.05, 0) is 65.6 Å². The van der Waals surface area contributed by atoms with Crippen molar-refractivity contribution >= 4 is 11.8 Å². The number of nitrogens with zero attached hydrogens (tertiary/aromatic N) is 2. The monoisotopic (exact) mass is 705 g/mol. The first-order valence-electron chi connectivity index (χ1n) is 17.8. The quantitative estimate of drug-likeness (QED) is 0.198. The summed E-state index contributed by atoms with van der Waals surface area (Å²) >= 11 is 0. The molecule has 4 atom stereocenters. The van der Waals surface area contributed by atoms with Crippen molar-refractivity contribution in [2.45, 2.75) is 94.9 Å². The van der Waals surface area contributed by atoms with Crippen LogP contribution in [0.3, 0.4) is 0 Å². The van der Waals surface area contributed by atoms with Gasteiger partial charge in [0.1, 0.15) is 6.04 Å². The van der Waals surface area contributed by atoms with E-state index < -0.39 is 30.3 Å². The van der Waals surface area contributed by atoms with Crippen molar-refractivity contribution in [3.8, 4) is 11.1 Å². The molecule has 2 heterocycles. The van der Waals surface area contributed by atoms with Crippen LogP contribution in [0.25, 0.3) is 11.1 Å². The predicted molar refractivity (Wildman–Crippen MR) is 187 cm³/mol. The number of aliphatic hydroxyl groups excluding tert-OH is 1. The smallest absolute Gasteiger partial charge is 0.392 e. The Morgan fingerprint density at radius 2 is 1.65 bits per heavy atom. The number of carbonyl (C=O) groups excluding carboxylic acids is 2. The zero-order valence-electron chi connectivity index (χ0n) is 28.7. The van der Waals surface area contributed by atoms with Crippen molar-refractivity contribution in [1.29, 1.82) is 0 Å². The summed E-state index contributed by atoms with van der Waals surface area (Å²) in [5.41, 5.74) is 5.29. The fourth-order valence-corrected chi connectivity index (χ4v) is 7.58. The number of carbonyl (C=O) groups is 2. The molecule has 3 aromatic rings. The number of hydrogen-bond acceptors (Lipinski definition) is 6. The van der Waals surface area contributed by atoms with Gasteiger partial charge in [0.2, 0.25) is 5.91 Å². The van der Waals surface area contributed by atoms with Crippen molar-refractivity contribution in [1.82, 2.24) is 15.1 Å². The van der Waals surface area contributed by atoms with Crippen LogP contribution in [0.4, 0.5) is 13.2 Å². The van der Waals surface area contributed by atoms with Crippen molar-refractivity contribution < 1.29 is 37.3 Å². The third-order valence-electron chi connectivity index (χ3n) is 10.2. The summed E-state index contributed by atoms with van der Waals surface area (Å²) in [6, 6.07) is 22.8. The van der Waals surface area contributed by atoms with Gasteiger partial charge in [-0.25, -0.2) is 0 Å². The molecule has 51 heavy (non-hydrogen) atoms. The Morgan fingerprint density at radius 3 is 2.35 bits per heavy atom. The molecule has 0 bridgehead atoms. The molecule has 11 heteroatoms. The van der Waals surface area contributed by atoms with E-state index in [9.17, 15) is 27.9 Å². The topological polar surface area (TPSA) is 91.3 Å². The second-order valence-electron chi connectivity index (χ2n) is 13.7. The van der Waals surface area contributed by atoms with Crippen LogP contribution in [-0.4, -0.2) is 70.7 Å². The van der Waals surface area contributed by atoms with Crippen LogP contribution < -0.4 is 5.32 Å². The largest absolute Gasteiger partial charge is 0.471 e. The standard InChI is InChI=1S/C40H46F3N3O5/c1-2-19-45(33-12-3-4-13-33)25-34-23-36(29-17-15-27(26-47)16-18-29)51-38(50-34)32-11-6-10-31(22-32)30-9-5-8-28(21-30)24-44-37(48)35-14-7-20-46(35)39(49)40(41,42)43/h2,5-6,8-11,15-18,21-22,33-36,38,47H,1,3-4,7,12-14,19-20,23-26H2,(H,44,48)/t34-,35-,36+,38+/m0/s1. The number of hydrogen-bond donors (Lipinski definition) is 2. The summed E-state index contributed by atoms with van der Waals surface area (Å²) in [7, 11) is 0. The first-order chi connectivity index (χ1) is 24.6. The molecule has 2 N–H and O–H groups in total. The van der Waals surface area contributed by atoms with Crippen molar-refractivity contribution in [3.63, 3.8) is 0 Å². The van der Waals surface area contributed by atoms with E-state index in [2.05, 4.69) is 16.8 Å². The Bertz CT molecular complexity index is 1660. The van der Waals surface area contributed by atoms with Gasteiger partial charge in [-0.15, -0.1) is 6.58 Å². The molecular formula is C40H46F3N3O5. The van der Waals surface area contributed by atoms with Gasteiger partial charge in [-0.3, -0.25) is 14.5 Å². The van der Waals surface area contributed by atoms with Crippen LogP contribution in [0.5, 0.6) is 0 Å². The van der Waals surface area contributed by atoms with E-state index in [0.29, 0.717) is 23.8 Å². The van der Waals surface area contributed by atoms with E-state index in [1.807, 2.05) is 78.9 Å². The number of halogens is 3. The van der Waals surface area contributed by atoms with E-state index in [1.54, 1.807) is 0 Å². The van der Waals surface area contributed by atoms with Gasteiger partial charge in [0.05, 0.1) is 18.8 Å². The minimum absolute atomic E-state index is 0.0273. The Kier molecular flexibility index (Phi) is 11.9. The average molecular weight is 706 g/mol. The third kappa shape index (κ3) is 9.07. The lowest BCUT2D eigenvalue weighted by atomic mass is 9.98. The van der Waals surface area contributed by atoms with Gasteiger partial charge in [-0.1, -0.05) is 79.6 Å². The van der Waals surface area contributed by atoms with Gasteiger partial charge in [0.25, 0.3) is 0 Å². The molecule has 0 spiro atoms. The maximum Gasteiger partial charge on any atom is 0.471 e. The first kappa shape index (κ1) is 36.8. The zero-order chi connectivity index (χ0) is 36.0. The zero-order valence-corrected chi connectivity index (χ0v) is 28.7. The average Bonchev–Trinajstić information content (AvgIpc) is 3.87. The molecule has 0 aromatic heterocycles. The molecule has 8 nitrogen and oxygen atoms in total. The van der Waals surface area contributed by atoms with Crippen LogP contribution in [0.15, 0.2) is 85.5 Å². The molecule has 6 rings (SSSR count). The van der Waals surface area contributed by atoms with Crippen molar-refractivity contribution in [2.24, 2.45) is 0 Å². The first-order valence-corrected chi connectivity index (χ1v) is 17.8. The molecule has 0 radical (unpaired) electrons. The summed E-state index contributed by atoms with van der Waals surface area (Å²) in [6.07, 6.45) is 2.04. The summed E-state index contributed by atoms with van der Waals surface area (Å²) < 4.78 is 52.5. The number of rotatable bonds is 12.